The predicted octanol–water partition coefficient (Wildman–Crippen LogP) is 2.37. The molecule has 0 aromatic carbocycles. The Morgan fingerprint density at radius 2 is 1.25 bits per heavy atom. The first-order valence-electron chi connectivity index (χ1n) is 5.04. The molecule has 96 valence electrons. The van der Waals surface area contributed by atoms with Gasteiger partial charge in [0.2, 0.25) is 11.6 Å². The summed E-state index contributed by atoms with van der Waals surface area (Å²) < 4.78 is 24.6. The Kier molecular flexibility index (Phi) is 5.72. The lowest BCUT2D eigenvalue weighted by atomic mass is 10.1. The van der Waals surface area contributed by atoms with Crippen molar-refractivity contribution in [2.45, 2.75) is 37.6 Å². The standard InChI is InChI=1S/C10H18I2O4/c1-9(13-3)10(2,14-4)16-8(6-12)7(5-11)15-9/h7-8H,5-6H2,1-4H3/t7-,8-,9+,10+/m0/s1. The lowest BCUT2D eigenvalue weighted by Crippen LogP contribution is -2.65. The maximum Gasteiger partial charge on any atom is 0.220 e. The molecule has 0 amide bonds. The molecule has 0 radical (unpaired) electrons. The van der Waals surface area contributed by atoms with Gasteiger partial charge in [-0.1, -0.05) is 45.2 Å². The number of hydrogen-bond acceptors (Lipinski definition) is 4. The first-order valence-corrected chi connectivity index (χ1v) is 8.09. The molecule has 1 rings (SSSR count). The molecule has 1 aliphatic rings. The molecule has 4 atom stereocenters. The number of alkyl halides is 2. The maximum atomic E-state index is 6.00. The Labute approximate surface area is 124 Å². The molecule has 0 spiro atoms. The predicted molar refractivity (Wildman–Crippen MR) is 78.3 cm³/mol. The molecule has 0 unspecified atom stereocenters. The fourth-order valence-electron chi connectivity index (χ4n) is 1.67. The van der Waals surface area contributed by atoms with Gasteiger partial charge < -0.3 is 18.9 Å². The highest BCUT2D eigenvalue weighted by molar-refractivity contribution is 14.1. The summed E-state index contributed by atoms with van der Waals surface area (Å²) in [6.07, 6.45) is 0.0661. The molecule has 1 saturated heterocycles. The number of halogens is 2. The SMILES string of the molecule is CO[C@]1(C)O[C@@H](CI)[C@H](CI)O[C@@]1(C)OC. The maximum absolute atomic E-state index is 6.00. The molecule has 0 aromatic heterocycles. The Hall–Kier alpha value is 1.30. The Morgan fingerprint density at radius 1 is 0.938 bits per heavy atom. The zero-order chi connectivity index (χ0) is 12.4. The van der Waals surface area contributed by atoms with Crippen molar-refractivity contribution in [3.05, 3.63) is 0 Å². The van der Waals surface area contributed by atoms with Crippen LogP contribution in [0.15, 0.2) is 0 Å². The summed E-state index contributed by atoms with van der Waals surface area (Å²) in [7, 11) is 3.21. The summed E-state index contributed by atoms with van der Waals surface area (Å²) in [5, 5.41) is 0. The minimum Gasteiger partial charge on any atom is -0.349 e. The summed E-state index contributed by atoms with van der Waals surface area (Å²) in [4.78, 5) is 0. The second kappa shape index (κ2) is 5.96. The largest absolute Gasteiger partial charge is 0.349 e. The van der Waals surface area contributed by atoms with E-state index in [0.717, 1.165) is 8.86 Å². The van der Waals surface area contributed by atoms with Gasteiger partial charge in [0, 0.05) is 23.1 Å². The van der Waals surface area contributed by atoms with Crippen molar-refractivity contribution >= 4 is 45.2 Å². The van der Waals surface area contributed by atoms with E-state index < -0.39 is 11.6 Å². The van der Waals surface area contributed by atoms with Crippen LogP contribution in [0.1, 0.15) is 13.8 Å². The van der Waals surface area contributed by atoms with E-state index in [2.05, 4.69) is 45.2 Å². The molecule has 0 saturated carbocycles. The van der Waals surface area contributed by atoms with Crippen LogP contribution in [0.4, 0.5) is 0 Å². The van der Waals surface area contributed by atoms with E-state index in [0.29, 0.717) is 0 Å². The van der Waals surface area contributed by atoms with Gasteiger partial charge in [-0.3, -0.25) is 0 Å². The molecule has 6 heteroatoms. The topological polar surface area (TPSA) is 36.9 Å². The zero-order valence-corrected chi connectivity index (χ0v) is 14.3. The van der Waals surface area contributed by atoms with Crippen LogP contribution in [0, 0.1) is 0 Å². The fraction of sp³-hybridized carbons (Fsp3) is 1.00. The molecule has 1 heterocycles. The third-order valence-corrected chi connectivity index (χ3v) is 4.81. The molecule has 1 fully saturated rings. The van der Waals surface area contributed by atoms with E-state index in [1.807, 2.05) is 13.8 Å². The van der Waals surface area contributed by atoms with Crippen molar-refractivity contribution in [1.82, 2.24) is 0 Å². The summed E-state index contributed by atoms with van der Waals surface area (Å²) >= 11 is 4.60. The second-order valence-electron chi connectivity index (χ2n) is 3.92. The highest BCUT2D eigenvalue weighted by Crippen LogP contribution is 2.39. The van der Waals surface area contributed by atoms with E-state index in [1.54, 1.807) is 14.2 Å². The third-order valence-electron chi connectivity index (χ3n) is 3.08. The van der Waals surface area contributed by atoms with Gasteiger partial charge in [0.1, 0.15) is 0 Å². The van der Waals surface area contributed by atoms with Crippen LogP contribution in [0.3, 0.4) is 0 Å². The molecule has 1 aliphatic heterocycles. The van der Waals surface area contributed by atoms with Crippen molar-refractivity contribution < 1.29 is 18.9 Å². The number of rotatable bonds is 4. The van der Waals surface area contributed by atoms with Gasteiger partial charge >= 0.3 is 0 Å². The molecule has 0 aliphatic carbocycles. The highest BCUT2D eigenvalue weighted by Gasteiger charge is 2.56. The van der Waals surface area contributed by atoms with Crippen LogP contribution in [-0.2, 0) is 18.9 Å². The van der Waals surface area contributed by atoms with E-state index in [-0.39, 0.29) is 12.2 Å². The van der Waals surface area contributed by atoms with Crippen LogP contribution in [0.25, 0.3) is 0 Å². The van der Waals surface area contributed by atoms with Gasteiger partial charge in [0.15, 0.2) is 0 Å². The van der Waals surface area contributed by atoms with Crippen molar-refractivity contribution in [2.75, 3.05) is 23.1 Å². The Balaban J connectivity index is 2.94. The fourth-order valence-corrected chi connectivity index (χ4v) is 3.17. The molecule has 0 N–H and O–H groups in total. The lowest BCUT2D eigenvalue weighted by molar-refractivity contribution is -0.442. The summed E-state index contributed by atoms with van der Waals surface area (Å²) in [6, 6.07) is 0. The molecule has 4 nitrogen and oxygen atoms in total. The van der Waals surface area contributed by atoms with Gasteiger partial charge in [-0.25, -0.2) is 0 Å². The zero-order valence-electron chi connectivity index (χ0n) is 9.96. The van der Waals surface area contributed by atoms with Crippen molar-refractivity contribution in [3.63, 3.8) is 0 Å². The number of hydrogen-bond donors (Lipinski definition) is 0. The lowest BCUT2D eigenvalue weighted by Gasteiger charge is -2.51. The second-order valence-corrected chi connectivity index (χ2v) is 5.68. The molecular weight excluding hydrogens is 438 g/mol. The Morgan fingerprint density at radius 3 is 1.44 bits per heavy atom. The first-order chi connectivity index (χ1) is 7.46. The first kappa shape index (κ1) is 15.4. The van der Waals surface area contributed by atoms with Crippen LogP contribution < -0.4 is 0 Å². The number of ether oxygens (including phenoxy) is 4. The van der Waals surface area contributed by atoms with Gasteiger partial charge in [0.25, 0.3) is 0 Å². The minimum atomic E-state index is -0.875. The quantitative estimate of drug-likeness (QED) is 0.481. The van der Waals surface area contributed by atoms with Crippen LogP contribution in [-0.4, -0.2) is 46.9 Å². The van der Waals surface area contributed by atoms with Crippen molar-refractivity contribution in [3.8, 4) is 0 Å². The third kappa shape index (κ3) is 2.66. The van der Waals surface area contributed by atoms with Gasteiger partial charge in [-0.2, -0.15) is 0 Å². The van der Waals surface area contributed by atoms with E-state index >= 15 is 0 Å². The minimum absolute atomic E-state index is 0.0330. The number of methoxy groups -OCH3 is 2. The smallest absolute Gasteiger partial charge is 0.220 e. The van der Waals surface area contributed by atoms with Crippen LogP contribution >= 0.6 is 45.2 Å². The summed E-state index contributed by atoms with van der Waals surface area (Å²) in [5.41, 5.74) is 0. The highest BCUT2D eigenvalue weighted by atomic mass is 127. The van der Waals surface area contributed by atoms with Gasteiger partial charge in [-0.15, -0.1) is 0 Å². The van der Waals surface area contributed by atoms with Crippen LogP contribution in [0.2, 0.25) is 0 Å². The molecule has 16 heavy (non-hydrogen) atoms. The van der Waals surface area contributed by atoms with Crippen molar-refractivity contribution in [1.29, 1.82) is 0 Å². The van der Waals surface area contributed by atoms with Gasteiger partial charge in [-0.05, 0) is 13.8 Å². The average Bonchev–Trinajstić information content (AvgIpc) is 2.31. The van der Waals surface area contributed by atoms with Crippen LogP contribution in [0.5, 0.6) is 0 Å². The molecule has 0 aromatic rings. The summed E-state index contributed by atoms with van der Waals surface area (Å²) in [6.45, 7) is 3.69. The van der Waals surface area contributed by atoms with Crippen molar-refractivity contribution in [2.24, 2.45) is 0 Å². The van der Waals surface area contributed by atoms with E-state index in [9.17, 15) is 0 Å². The Bertz CT molecular complexity index is 217. The van der Waals surface area contributed by atoms with E-state index in [4.69, 9.17) is 18.9 Å². The van der Waals surface area contributed by atoms with E-state index in [1.165, 1.54) is 0 Å². The summed E-state index contributed by atoms with van der Waals surface area (Å²) in [5.74, 6) is -1.75. The average molecular weight is 456 g/mol. The monoisotopic (exact) mass is 456 g/mol. The van der Waals surface area contributed by atoms with Gasteiger partial charge in [0.05, 0.1) is 12.2 Å². The normalized spacial score (nSPS) is 44.6. The molecular formula is C10H18I2O4. The molecule has 0 bridgehead atoms.